The van der Waals surface area contributed by atoms with E-state index in [4.69, 9.17) is 11.6 Å². The zero-order valence-electron chi connectivity index (χ0n) is 14.8. The topological polar surface area (TPSA) is 0 Å². The SMILES string of the molecule is C[N+](C)(CCCCc1ccc(Cl)c2ccccc12)c1cccc(Br)c1. The molecule has 0 fully saturated rings. The molecular weight excluding hydrogens is 394 g/mol. The molecule has 25 heavy (non-hydrogen) atoms. The highest BCUT2D eigenvalue weighted by atomic mass is 79.9. The minimum atomic E-state index is 0.840. The van der Waals surface area contributed by atoms with Crippen LogP contribution in [0.3, 0.4) is 0 Å². The molecule has 0 saturated carbocycles. The van der Waals surface area contributed by atoms with Gasteiger partial charge in [0.25, 0.3) is 0 Å². The number of nitrogens with zero attached hydrogens (tertiary/aromatic N) is 1. The third-order valence-corrected chi connectivity index (χ3v) is 5.70. The van der Waals surface area contributed by atoms with Gasteiger partial charge in [0.15, 0.2) is 0 Å². The van der Waals surface area contributed by atoms with Crippen molar-refractivity contribution >= 4 is 44.0 Å². The van der Waals surface area contributed by atoms with Gasteiger partial charge in [-0.3, -0.25) is 4.48 Å². The molecule has 0 aliphatic carbocycles. The van der Waals surface area contributed by atoms with Gasteiger partial charge < -0.3 is 0 Å². The van der Waals surface area contributed by atoms with Crippen LogP contribution < -0.4 is 4.48 Å². The van der Waals surface area contributed by atoms with E-state index in [-0.39, 0.29) is 0 Å². The minimum Gasteiger partial charge on any atom is -0.296 e. The molecule has 0 atom stereocenters. The molecule has 3 rings (SSSR count). The second-order valence-corrected chi connectivity index (χ2v) is 8.42. The van der Waals surface area contributed by atoms with Gasteiger partial charge >= 0.3 is 0 Å². The maximum Gasteiger partial charge on any atom is 0.133 e. The molecule has 0 spiro atoms. The molecule has 0 N–H and O–H groups in total. The second kappa shape index (κ2) is 7.90. The fourth-order valence-corrected chi connectivity index (χ4v) is 3.96. The van der Waals surface area contributed by atoms with Gasteiger partial charge in [0.1, 0.15) is 5.69 Å². The second-order valence-electron chi connectivity index (χ2n) is 7.10. The van der Waals surface area contributed by atoms with Crippen molar-refractivity contribution in [3.8, 4) is 0 Å². The molecule has 0 aliphatic heterocycles. The van der Waals surface area contributed by atoms with Crippen LogP contribution in [0.25, 0.3) is 10.8 Å². The van der Waals surface area contributed by atoms with Crippen LogP contribution in [-0.4, -0.2) is 20.6 Å². The number of benzene rings is 3. The van der Waals surface area contributed by atoms with E-state index in [0.29, 0.717) is 0 Å². The monoisotopic (exact) mass is 416 g/mol. The summed E-state index contributed by atoms with van der Waals surface area (Å²) in [6.07, 6.45) is 3.47. The van der Waals surface area contributed by atoms with Gasteiger partial charge in [-0.1, -0.05) is 63.9 Å². The third kappa shape index (κ3) is 4.44. The highest BCUT2D eigenvalue weighted by Crippen LogP contribution is 2.28. The lowest BCUT2D eigenvalue weighted by Gasteiger charge is -2.29. The van der Waals surface area contributed by atoms with Crippen LogP contribution in [0.2, 0.25) is 5.02 Å². The predicted octanol–water partition coefficient (Wildman–Crippen LogP) is 6.85. The molecule has 0 aromatic heterocycles. The molecule has 3 aromatic rings. The van der Waals surface area contributed by atoms with Crippen LogP contribution in [0.1, 0.15) is 18.4 Å². The van der Waals surface area contributed by atoms with Gasteiger partial charge in [0, 0.05) is 20.9 Å². The van der Waals surface area contributed by atoms with Gasteiger partial charge in [0.2, 0.25) is 0 Å². The van der Waals surface area contributed by atoms with E-state index in [9.17, 15) is 0 Å². The number of rotatable bonds is 6. The maximum atomic E-state index is 6.32. The highest BCUT2D eigenvalue weighted by molar-refractivity contribution is 9.10. The number of unbranched alkanes of at least 4 members (excludes halogenated alkanes) is 1. The molecule has 3 aromatic carbocycles. The number of halogens is 2. The molecule has 3 heteroatoms. The van der Waals surface area contributed by atoms with E-state index in [1.807, 2.05) is 6.07 Å². The molecule has 0 aliphatic rings. The number of hydrogen-bond acceptors (Lipinski definition) is 0. The summed E-state index contributed by atoms with van der Waals surface area (Å²) in [5.74, 6) is 0. The van der Waals surface area contributed by atoms with Crippen molar-refractivity contribution in [2.75, 3.05) is 20.6 Å². The van der Waals surface area contributed by atoms with E-state index in [0.717, 1.165) is 32.3 Å². The van der Waals surface area contributed by atoms with Gasteiger partial charge in [-0.05, 0) is 48.4 Å². The first-order chi connectivity index (χ1) is 12.0. The van der Waals surface area contributed by atoms with E-state index >= 15 is 0 Å². The normalized spacial score (nSPS) is 11.8. The number of quaternary nitrogens is 1. The summed E-state index contributed by atoms with van der Waals surface area (Å²) < 4.78 is 2.05. The summed E-state index contributed by atoms with van der Waals surface area (Å²) in [5.41, 5.74) is 2.74. The first-order valence-corrected chi connectivity index (χ1v) is 9.90. The molecule has 0 amide bonds. The molecule has 0 radical (unpaired) electrons. The Bertz CT molecular complexity index is 873. The highest BCUT2D eigenvalue weighted by Gasteiger charge is 2.18. The Balaban J connectivity index is 1.63. The van der Waals surface area contributed by atoms with E-state index in [2.05, 4.69) is 84.6 Å². The van der Waals surface area contributed by atoms with Crippen molar-refractivity contribution in [1.82, 2.24) is 4.48 Å². The molecule has 1 nitrogen and oxygen atoms in total. The zero-order valence-corrected chi connectivity index (χ0v) is 17.1. The molecular formula is C22H24BrClN+. The summed E-state index contributed by atoms with van der Waals surface area (Å²) in [4.78, 5) is 0. The lowest BCUT2D eigenvalue weighted by Crippen LogP contribution is -2.41. The minimum absolute atomic E-state index is 0.840. The summed E-state index contributed by atoms with van der Waals surface area (Å²) in [7, 11) is 4.55. The van der Waals surface area contributed by atoms with Crippen molar-refractivity contribution in [3.05, 3.63) is 75.7 Å². The van der Waals surface area contributed by atoms with Crippen molar-refractivity contribution in [1.29, 1.82) is 0 Å². The van der Waals surface area contributed by atoms with Crippen LogP contribution in [-0.2, 0) is 6.42 Å². The van der Waals surface area contributed by atoms with Crippen LogP contribution in [0, 0.1) is 0 Å². The largest absolute Gasteiger partial charge is 0.296 e. The van der Waals surface area contributed by atoms with E-state index in [1.54, 1.807) is 0 Å². The fourth-order valence-electron chi connectivity index (χ4n) is 3.35. The molecule has 0 saturated heterocycles. The Morgan fingerprint density at radius 3 is 2.40 bits per heavy atom. The number of hydrogen-bond donors (Lipinski definition) is 0. The average Bonchev–Trinajstić information content (AvgIpc) is 2.61. The molecule has 0 bridgehead atoms. The fraction of sp³-hybridized carbons (Fsp3) is 0.273. The number of aryl methyl sites for hydroxylation is 1. The van der Waals surface area contributed by atoms with E-state index < -0.39 is 0 Å². The Labute approximate surface area is 164 Å². The maximum absolute atomic E-state index is 6.32. The lowest BCUT2D eigenvalue weighted by atomic mass is 10.00. The van der Waals surface area contributed by atoms with Gasteiger partial charge in [0.05, 0.1) is 20.6 Å². The summed E-state index contributed by atoms with van der Waals surface area (Å²) in [6.45, 7) is 1.13. The summed E-state index contributed by atoms with van der Waals surface area (Å²) in [5, 5.41) is 3.29. The van der Waals surface area contributed by atoms with Crippen molar-refractivity contribution in [2.24, 2.45) is 0 Å². The average molecular weight is 418 g/mol. The molecule has 0 heterocycles. The first kappa shape index (κ1) is 18.4. The van der Waals surface area contributed by atoms with E-state index in [1.165, 1.54) is 29.5 Å². The standard InChI is InChI=1S/C22H24BrClN/c1-25(2,19-10-7-9-18(23)16-19)15-6-5-8-17-13-14-22(24)21-12-4-3-11-20(17)21/h3-4,7,9-14,16H,5-6,8,15H2,1-2H3/q+1. The molecule has 0 unspecified atom stereocenters. The van der Waals surface area contributed by atoms with Gasteiger partial charge in [-0.15, -0.1) is 0 Å². The number of fused-ring (bicyclic) bond motifs is 1. The quantitative estimate of drug-likeness (QED) is 0.304. The van der Waals surface area contributed by atoms with Crippen molar-refractivity contribution < 1.29 is 0 Å². The van der Waals surface area contributed by atoms with Crippen LogP contribution in [0.15, 0.2) is 65.1 Å². The third-order valence-electron chi connectivity index (χ3n) is 4.88. The molecule has 130 valence electrons. The lowest BCUT2D eigenvalue weighted by molar-refractivity contribution is 0.385. The summed E-state index contributed by atoms with van der Waals surface area (Å²) >= 11 is 9.90. The Hall–Kier alpha value is -1.35. The Morgan fingerprint density at radius 2 is 1.64 bits per heavy atom. The Kier molecular flexibility index (Phi) is 5.83. The predicted molar refractivity (Wildman–Crippen MR) is 115 cm³/mol. The van der Waals surface area contributed by atoms with Gasteiger partial charge in [-0.25, -0.2) is 0 Å². The Morgan fingerprint density at radius 1 is 0.880 bits per heavy atom. The first-order valence-electron chi connectivity index (χ1n) is 8.73. The zero-order chi connectivity index (χ0) is 17.9. The van der Waals surface area contributed by atoms with Crippen LogP contribution in [0.4, 0.5) is 5.69 Å². The van der Waals surface area contributed by atoms with Crippen molar-refractivity contribution in [3.63, 3.8) is 0 Å². The summed E-state index contributed by atoms with van der Waals surface area (Å²) in [6, 6.07) is 21.2. The van der Waals surface area contributed by atoms with Crippen LogP contribution in [0.5, 0.6) is 0 Å². The van der Waals surface area contributed by atoms with Gasteiger partial charge in [-0.2, -0.15) is 0 Å². The van der Waals surface area contributed by atoms with Crippen molar-refractivity contribution in [2.45, 2.75) is 19.3 Å². The van der Waals surface area contributed by atoms with Crippen LogP contribution >= 0.6 is 27.5 Å². The smallest absolute Gasteiger partial charge is 0.133 e.